The van der Waals surface area contributed by atoms with Gasteiger partial charge in [-0.2, -0.15) is 0 Å². The number of hydrogen-bond acceptors (Lipinski definition) is 2. The molecule has 2 nitrogen and oxygen atoms in total. The average Bonchev–Trinajstić information content (AvgIpc) is 2.28. The molecule has 17 heavy (non-hydrogen) atoms. The molecule has 1 aromatic carbocycles. The van der Waals surface area contributed by atoms with E-state index in [1.807, 2.05) is 6.92 Å². The zero-order chi connectivity index (χ0) is 12.8. The zero-order valence-electron chi connectivity index (χ0n) is 11.2. The summed E-state index contributed by atoms with van der Waals surface area (Å²) in [5.41, 5.74) is 2.50. The maximum absolute atomic E-state index is 10.8. The van der Waals surface area contributed by atoms with Crippen LogP contribution < -0.4 is 0 Å². The van der Waals surface area contributed by atoms with Crippen molar-refractivity contribution < 1.29 is 9.53 Å². The summed E-state index contributed by atoms with van der Waals surface area (Å²) < 4.78 is 5.65. The molecule has 0 spiro atoms. The Morgan fingerprint density at radius 1 is 1.24 bits per heavy atom. The van der Waals surface area contributed by atoms with Gasteiger partial charge in [0.1, 0.15) is 5.78 Å². The molecule has 0 fully saturated rings. The number of rotatable bonds is 6. The number of benzene rings is 1. The van der Waals surface area contributed by atoms with Crippen LogP contribution in [0.4, 0.5) is 0 Å². The van der Waals surface area contributed by atoms with Crippen LogP contribution in [0.2, 0.25) is 0 Å². The van der Waals surface area contributed by atoms with Crippen LogP contribution in [0, 0.1) is 0 Å². The molecule has 1 rings (SSSR count). The molecule has 0 saturated carbocycles. The Hall–Kier alpha value is -1.15. The lowest BCUT2D eigenvalue weighted by Gasteiger charge is -2.15. The number of Topliss-reactive ketones (excluding diaryl/α,β-unsaturated/α-hetero) is 1. The van der Waals surface area contributed by atoms with E-state index < -0.39 is 0 Å². The van der Waals surface area contributed by atoms with Gasteiger partial charge in [-0.15, -0.1) is 0 Å². The van der Waals surface area contributed by atoms with Crippen LogP contribution in [-0.4, -0.2) is 12.4 Å². The largest absolute Gasteiger partial charge is 0.373 e. The van der Waals surface area contributed by atoms with Crippen molar-refractivity contribution >= 4 is 5.78 Å². The second-order valence-corrected chi connectivity index (χ2v) is 4.79. The van der Waals surface area contributed by atoms with Gasteiger partial charge in [0, 0.05) is 6.42 Å². The molecule has 0 amide bonds. The van der Waals surface area contributed by atoms with E-state index in [2.05, 4.69) is 38.1 Å². The van der Waals surface area contributed by atoms with Crippen molar-refractivity contribution in [3.63, 3.8) is 0 Å². The van der Waals surface area contributed by atoms with Gasteiger partial charge in [0.25, 0.3) is 0 Å². The fourth-order valence-corrected chi connectivity index (χ4v) is 1.65. The summed E-state index contributed by atoms with van der Waals surface area (Å²) >= 11 is 0. The first kappa shape index (κ1) is 13.9. The molecule has 0 aromatic heterocycles. The molecular formula is C15H22O2. The monoisotopic (exact) mass is 234 g/mol. The number of hydrogen-bond donors (Lipinski definition) is 0. The maximum Gasteiger partial charge on any atom is 0.132 e. The van der Waals surface area contributed by atoms with Crippen LogP contribution in [0.3, 0.4) is 0 Å². The van der Waals surface area contributed by atoms with Gasteiger partial charge in [0.05, 0.1) is 12.7 Å². The summed E-state index contributed by atoms with van der Waals surface area (Å²) in [7, 11) is 0. The number of ether oxygens (including phenoxy) is 1. The molecule has 0 aliphatic heterocycles. The Balaban J connectivity index is 2.59. The Labute approximate surface area is 104 Å². The minimum atomic E-state index is 0.0491. The van der Waals surface area contributed by atoms with E-state index in [1.54, 1.807) is 6.92 Å². The first-order valence-corrected chi connectivity index (χ1v) is 6.21. The highest BCUT2D eigenvalue weighted by Crippen LogP contribution is 2.22. The lowest BCUT2D eigenvalue weighted by Crippen LogP contribution is -2.05. The molecule has 1 unspecified atom stereocenters. The van der Waals surface area contributed by atoms with E-state index in [4.69, 9.17) is 4.74 Å². The normalized spacial score (nSPS) is 12.8. The minimum absolute atomic E-state index is 0.0491. The van der Waals surface area contributed by atoms with Crippen LogP contribution in [0.25, 0.3) is 0 Å². The fraction of sp³-hybridized carbons (Fsp3) is 0.533. The van der Waals surface area contributed by atoms with E-state index >= 15 is 0 Å². The van der Waals surface area contributed by atoms with Crippen molar-refractivity contribution in [1.82, 2.24) is 0 Å². The van der Waals surface area contributed by atoms with Gasteiger partial charge in [0.2, 0.25) is 0 Å². The van der Waals surface area contributed by atoms with E-state index in [1.165, 1.54) is 11.1 Å². The number of ketones is 1. The topological polar surface area (TPSA) is 26.3 Å². The smallest absolute Gasteiger partial charge is 0.132 e. The van der Waals surface area contributed by atoms with Crippen molar-refractivity contribution in [2.75, 3.05) is 6.61 Å². The fourth-order valence-electron chi connectivity index (χ4n) is 1.65. The Bertz CT molecular complexity index is 369. The number of carbonyl (C=O) groups excluding carboxylic acids is 1. The van der Waals surface area contributed by atoms with Crippen molar-refractivity contribution in [2.24, 2.45) is 0 Å². The van der Waals surface area contributed by atoms with Gasteiger partial charge >= 0.3 is 0 Å². The molecule has 0 N–H and O–H groups in total. The third-order valence-electron chi connectivity index (χ3n) is 2.87. The Morgan fingerprint density at radius 3 is 2.47 bits per heavy atom. The van der Waals surface area contributed by atoms with Gasteiger partial charge in [-0.3, -0.25) is 4.79 Å². The van der Waals surface area contributed by atoms with Gasteiger partial charge in [-0.1, -0.05) is 38.1 Å². The molecular weight excluding hydrogens is 212 g/mol. The van der Waals surface area contributed by atoms with Crippen molar-refractivity contribution in [2.45, 2.75) is 46.1 Å². The van der Waals surface area contributed by atoms with Gasteiger partial charge in [-0.25, -0.2) is 0 Å². The van der Waals surface area contributed by atoms with E-state index in [-0.39, 0.29) is 11.9 Å². The predicted molar refractivity (Wildman–Crippen MR) is 70.2 cm³/mol. The van der Waals surface area contributed by atoms with Gasteiger partial charge in [-0.05, 0) is 30.9 Å². The van der Waals surface area contributed by atoms with Gasteiger partial charge in [0.15, 0.2) is 0 Å². The standard InChI is InChI=1S/C15H22O2/c1-11(2)14-6-5-7-15(10-14)13(4)17-9-8-12(3)16/h5-7,10-11,13H,8-9H2,1-4H3. The quantitative estimate of drug-likeness (QED) is 0.747. The second kappa shape index (κ2) is 6.55. The molecule has 94 valence electrons. The number of carbonyl (C=O) groups is 1. The van der Waals surface area contributed by atoms with Crippen LogP contribution in [-0.2, 0) is 9.53 Å². The van der Waals surface area contributed by atoms with E-state index in [0.717, 1.165) is 0 Å². The third-order valence-corrected chi connectivity index (χ3v) is 2.87. The molecule has 0 saturated heterocycles. The molecule has 1 atom stereocenters. The molecule has 1 aromatic rings. The highest BCUT2D eigenvalue weighted by molar-refractivity contribution is 5.75. The third kappa shape index (κ3) is 4.70. The van der Waals surface area contributed by atoms with Crippen LogP contribution in [0.5, 0.6) is 0 Å². The van der Waals surface area contributed by atoms with Crippen LogP contribution >= 0.6 is 0 Å². The summed E-state index contributed by atoms with van der Waals surface area (Å²) in [6.45, 7) is 8.48. The highest BCUT2D eigenvalue weighted by atomic mass is 16.5. The molecule has 0 aliphatic carbocycles. The predicted octanol–water partition coefficient (Wildman–Crippen LogP) is 3.87. The van der Waals surface area contributed by atoms with Crippen molar-refractivity contribution in [3.05, 3.63) is 35.4 Å². The lowest BCUT2D eigenvalue weighted by molar-refractivity contribution is -0.118. The first-order chi connectivity index (χ1) is 8.00. The van der Waals surface area contributed by atoms with E-state index in [9.17, 15) is 4.79 Å². The molecule has 0 heterocycles. The minimum Gasteiger partial charge on any atom is -0.373 e. The lowest BCUT2D eigenvalue weighted by atomic mass is 9.99. The Kier molecular flexibility index (Phi) is 5.36. The van der Waals surface area contributed by atoms with Gasteiger partial charge < -0.3 is 4.74 Å². The SMILES string of the molecule is CC(=O)CCOC(C)c1cccc(C(C)C)c1. The van der Waals surface area contributed by atoms with Crippen LogP contribution in [0.1, 0.15) is 57.3 Å². The molecule has 2 heteroatoms. The Morgan fingerprint density at radius 2 is 1.88 bits per heavy atom. The summed E-state index contributed by atoms with van der Waals surface area (Å²) in [5, 5.41) is 0. The second-order valence-electron chi connectivity index (χ2n) is 4.79. The summed E-state index contributed by atoms with van der Waals surface area (Å²) in [6, 6.07) is 8.46. The summed E-state index contributed by atoms with van der Waals surface area (Å²) in [6.07, 6.45) is 0.543. The highest BCUT2D eigenvalue weighted by Gasteiger charge is 2.08. The van der Waals surface area contributed by atoms with Crippen molar-refractivity contribution in [3.8, 4) is 0 Å². The molecule has 0 aliphatic rings. The summed E-state index contributed by atoms with van der Waals surface area (Å²) in [4.78, 5) is 10.8. The average molecular weight is 234 g/mol. The first-order valence-electron chi connectivity index (χ1n) is 6.21. The van der Waals surface area contributed by atoms with E-state index in [0.29, 0.717) is 18.9 Å². The van der Waals surface area contributed by atoms with Crippen molar-refractivity contribution in [1.29, 1.82) is 0 Å². The molecule has 0 bridgehead atoms. The maximum atomic E-state index is 10.8. The van der Waals surface area contributed by atoms with Crippen LogP contribution in [0.15, 0.2) is 24.3 Å². The summed E-state index contributed by atoms with van der Waals surface area (Å²) in [5.74, 6) is 0.701. The zero-order valence-corrected chi connectivity index (χ0v) is 11.2. The molecule has 0 radical (unpaired) electrons.